The van der Waals surface area contributed by atoms with E-state index in [0.717, 1.165) is 32.1 Å². The Morgan fingerprint density at radius 3 is 2.57 bits per heavy atom. The number of aromatic hydroxyl groups is 2. The lowest BCUT2D eigenvalue weighted by molar-refractivity contribution is 0.0886. The second-order valence-corrected chi connectivity index (χ2v) is 5.50. The maximum absolute atomic E-state index is 12.4. The van der Waals surface area contributed by atoms with Crippen LogP contribution in [0.4, 0.5) is 0 Å². The van der Waals surface area contributed by atoms with Gasteiger partial charge in [0.2, 0.25) is 5.75 Å². The van der Waals surface area contributed by atoms with E-state index in [1.807, 2.05) is 0 Å². The molecule has 1 aromatic carbocycles. The molecule has 1 aliphatic rings. The standard InChI is InChI=1S/C16H16O5/c17-12-7-6-10-8-11(16(20)21-15(10)14(12)19)13(18)9-4-2-1-3-5-9/h6-9,17,19H,1-5H2. The Morgan fingerprint density at radius 2 is 1.86 bits per heavy atom. The number of rotatable bonds is 2. The first kappa shape index (κ1) is 13.7. The minimum Gasteiger partial charge on any atom is -0.504 e. The lowest BCUT2D eigenvalue weighted by Crippen LogP contribution is -2.23. The van der Waals surface area contributed by atoms with Gasteiger partial charge in [-0.25, -0.2) is 4.79 Å². The van der Waals surface area contributed by atoms with E-state index in [1.54, 1.807) is 0 Å². The van der Waals surface area contributed by atoms with Crippen LogP contribution < -0.4 is 5.63 Å². The maximum Gasteiger partial charge on any atom is 0.347 e. The number of phenolic OH excluding ortho intramolecular Hbond substituents is 2. The Balaban J connectivity index is 2.07. The molecule has 0 spiro atoms. The van der Waals surface area contributed by atoms with Gasteiger partial charge in [0.15, 0.2) is 17.1 Å². The van der Waals surface area contributed by atoms with Crippen LogP contribution >= 0.6 is 0 Å². The average Bonchev–Trinajstić information content (AvgIpc) is 2.51. The van der Waals surface area contributed by atoms with E-state index < -0.39 is 11.4 Å². The minimum atomic E-state index is -0.765. The number of hydrogen-bond donors (Lipinski definition) is 2. The summed E-state index contributed by atoms with van der Waals surface area (Å²) in [5.74, 6) is -1.15. The third kappa shape index (κ3) is 2.39. The van der Waals surface area contributed by atoms with Gasteiger partial charge in [0, 0.05) is 11.3 Å². The zero-order chi connectivity index (χ0) is 15.0. The van der Waals surface area contributed by atoms with Crippen molar-refractivity contribution in [2.24, 2.45) is 5.92 Å². The molecule has 5 heteroatoms. The van der Waals surface area contributed by atoms with Crippen LogP contribution in [0.2, 0.25) is 0 Å². The van der Waals surface area contributed by atoms with E-state index in [1.165, 1.54) is 18.2 Å². The highest BCUT2D eigenvalue weighted by atomic mass is 16.4. The van der Waals surface area contributed by atoms with Gasteiger partial charge in [0.25, 0.3) is 0 Å². The molecule has 0 bridgehead atoms. The SMILES string of the molecule is O=C(c1cc2ccc(O)c(O)c2oc1=O)C1CCCCC1. The van der Waals surface area contributed by atoms with E-state index in [4.69, 9.17) is 4.42 Å². The third-order valence-corrected chi connectivity index (χ3v) is 4.10. The summed E-state index contributed by atoms with van der Waals surface area (Å²) < 4.78 is 5.03. The van der Waals surface area contributed by atoms with Gasteiger partial charge in [-0.2, -0.15) is 0 Å². The molecule has 0 atom stereocenters. The third-order valence-electron chi connectivity index (χ3n) is 4.10. The Hall–Kier alpha value is -2.30. The Bertz CT molecular complexity index is 753. The molecule has 3 rings (SSSR count). The molecular formula is C16H16O5. The van der Waals surface area contributed by atoms with Crippen LogP contribution in [0.3, 0.4) is 0 Å². The quantitative estimate of drug-likeness (QED) is 0.504. The van der Waals surface area contributed by atoms with E-state index >= 15 is 0 Å². The first-order chi connectivity index (χ1) is 10.1. The summed E-state index contributed by atoms with van der Waals surface area (Å²) >= 11 is 0. The molecule has 5 nitrogen and oxygen atoms in total. The zero-order valence-corrected chi connectivity index (χ0v) is 11.5. The molecule has 1 aliphatic carbocycles. The molecule has 0 aliphatic heterocycles. The zero-order valence-electron chi connectivity index (χ0n) is 11.5. The van der Waals surface area contributed by atoms with Crippen LogP contribution in [0, 0.1) is 5.92 Å². The van der Waals surface area contributed by atoms with Crippen molar-refractivity contribution in [2.45, 2.75) is 32.1 Å². The summed E-state index contributed by atoms with van der Waals surface area (Å²) in [6.07, 6.45) is 4.74. The number of carbonyl (C=O) groups is 1. The van der Waals surface area contributed by atoms with Crippen LogP contribution in [0.25, 0.3) is 11.0 Å². The Morgan fingerprint density at radius 1 is 1.14 bits per heavy atom. The molecule has 0 radical (unpaired) electrons. The highest BCUT2D eigenvalue weighted by molar-refractivity contribution is 6.00. The number of Topliss-reactive ketones (excluding diaryl/α,β-unsaturated/α-hetero) is 1. The predicted octanol–water partition coefficient (Wildman–Crippen LogP) is 2.97. The molecule has 0 unspecified atom stereocenters. The fourth-order valence-corrected chi connectivity index (χ4v) is 2.92. The largest absolute Gasteiger partial charge is 0.504 e. The van der Waals surface area contributed by atoms with Crippen molar-refractivity contribution in [2.75, 3.05) is 0 Å². The van der Waals surface area contributed by atoms with Gasteiger partial charge in [-0.05, 0) is 31.0 Å². The highest BCUT2D eigenvalue weighted by Crippen LogP contribution is 2.33. The fraction of sp³-hybridized carbons (Fsp3) is 0.375. The second-order valence-electron chi connectivity index (χ2n) is 5.50. The van der Waals surface area contributed by atoms with Gasteiger partial charge >= 0.3 is 5.63 Å². The van der Waals surface area contributed by atoms with Gasteiger partial charge in [-0.15, -0.1) is 0 Å². The lowest BCUT2D eigenvalue weighted by atomic mass is 9.84. The molecule has 1 saturated carbocycles. The Labute approximate surface area is 120 Å². The van der Waals surface area contributed by atoms with Crippen molar-refractivity contribution in [1.82, 2.24) is 0 Å². The van der Waals surface area contributed by atoms with Crippen LogP contribution in [-0.4, -0.2) is 16.0 Å². The summed E-state index contributed by atoms with van der Waals surface area (Å²) in [6.45, 7) is 0. The van der Waals surface area contributed by atoms with Crippen molar-refractivity contribution in [3.8, 4) is 11.5 Å². The van der Waals surface area contributed by atoms with Crippen LogP contribution in [-0.2, 0) is 0 Å². The van der Waals surface area contributed by atoms with Gasteiger partial charge in [-0.3, -0.25) is 4.79 Å². The van der Waals surface area contributed by atoms with Crippen molar-refractivity contribution in [1.29, 1.82) is 0 Å². The molecule has 2 N–H and O–H groups in total. The number of phenols is 2. The summed E-state index contributed by atoms with van der Waals surface area (Å²) in [4.78, 5) is 24.4. The van der Waals surface area contributed by atoms with Crippen LogP contribution in [0.5, 0.6) is 11.5 Å². The molecule has 0 amide bonds. The van der Waals surface area contributed by atoms with Crippen molar-refractivity contribution >= 4 is 16.8 Å². The lowest BCUT2D eigenvalue weighted by Gasteiger charge is -2.19. The summed E-state index contributed by atoms with van der Waals surface area (Å²) in [5.41, 5.74) is -0.835. The van der Waals surface area contributed by atoms with E-state index in [2.05, 4.69) is 0 Å². The first-order valence-corrected chi connectivity index (χ1v) is 7.11. The monoisotopic (exact) mass is 288 g/mol. The van der Waals surface area contributed by atoms with E-state index in [9.17, 15) is 19.8 Å². The van der Waals surface area contributed by atoms with Crippen molar-refractivity contribution in [3.05, 3.63) is 34.2 Å². The Kier molecular flexibility index (Phi) is 3.41. The first-order valence-electron chi connectivity index (χ1n) is 7.11. The normalized spacial score (nSPS) is 16.2. The summed E-state index contributed by atoms with van der Waals surface area (Å²) in [6, 6.07) is 4.24. The van der Waals surface area contributed by atoms with Crippen molar-refractivity contribution in [3.63, 3.8) is 0 Å². The van der Waals surface area contributed by atoms with Gasteiger partial charge < -0.3 is 14.6 Å². The van der Waals surface area contributed by atoms with Gasteiger partial charge in [0.05, 0.1) is 0 Å². The van der Waals surface area contributed by atoms with E-state index in [-0.39, 0.29) is 28.6 Å². The fourth-order valence-electron chi connectivity index (χ4n) is 2.92. The second kappa shape index (κ2) is 5.24. The predicted molar refractivity (Wildman–Crippen MR) is 76.7 cm³/mol. The number of ketones is 1. The van der Waals surface area contributed by atoms with Crippen LogP contribution in [0.1, 0.15) is 42.5 Å². The molecular weight excluding hydrogens is 272 g/mol. The van der Waals surface area contributed by atoms with Gasteiger partial charge in [-0.1, -0.05) is 19.3 Å². The smallest absolute Gasteiger partial charge is 0.347 e. The van der Waals surface area contributed by atoms with Crippen molar-refractivity contribution < 1.29 is 19.4 Å². The molecule has 1 heterocycles. The molecule has 2 aromatic rings. The summed E-state index contributed by atoms with van der Waals surface area (Å²) in [5, 5.41) is 19.5. The molecule has 21 heavy (non-hydrogen) atoms. The van der Waals surface area contributed by atoms with E-state index in [0.29, 0.717) is 5.39 Å². The number of carbonyl (C=O) groups excluding carboxylic acids is 1. The number of fused-ring (bicyclic) bond motifs is 1. The highest BCUT2D eigenvalue weighted by Gasteiger charge is 2.25. The maximum atomic E-state index is 12.4. The molecule has 110 valence electrons. The topological polar surface area (TPSA) is 87.7 Å². The molecule has 1 aromatic heterocycles. The minimum absolute atomic E-state index is 0.0273. The molecule has 1 fully saturated rings. The molecule has 0 saturated heterocycles. The number of benzene rings is 1. The average molecular weight is 288 g/mol. The van der Waals surface area contributed by atoms with Gasteiger partial charge in [0.1, 0.15) is 5.56 Å². The number of hydrogen-bond acceptors (Lipinski definition) is 5. The van der Waals surface area contributed by atoms with Crippen LogP contribution in [0.15, 0.2) is 27.4 Å². The summed E-state index contributed by atoms with van der Waals surface area (Å²) in [7, 11) is 0.